The zero-order chi connectivity index (χ0) is 18.1. The van der Waals surface area contributed by atoms with Gasteiger partial charge in [0.25, 0.3) is 0 Å². The Morgan fingerprint density at radius 3 is 3.08 bits per heavy atom. The van der Waals surface area contributed by atoms with Gasteiger partial charge in [-0.25, -0.2) is 14.4 Å². The van der Waals surface area contributed by atoms with Crippen LogP contribution in [0.1, 0.15) is 24.7 Å². The smallest absolute Gasteiger partial charge is 0.239 e. The Morgan fingerprint density at radius 2 is 2.27 bits per heavy atom. The predicted molar refractivity (Wildman–Crippen MR) is 97.5 cm³/mol. The topological polar surface area (TPSA) is 73.9 Å². The van der Waals surface area contributed by atoms with E-state index < -0.39 is 0 Å². The Kier molecular flexibility index (Phi) is 4.57. The van der Waals surface area contributed by atoms with Crippen LogP contribution in [0, 0.1) is 5.82 Å². The number of hydrogen-bond donors (Lipinski definition) is 2. The third-order valence-electron chi connectivity index (χ3n) is 4.48. The maximum absolute atomic E-state index is 13.4. The first-order chi connectivity index (χ1) is 12.6. The van der Waals surface area contributed by atoms with Crippen molar-refractivity contribution >= 4 is 34.4 Å². The Balaban J connectivity index is 1.47. The fraction of sp³-hybridized carbons (Fsp3) is 0.278. The lowest BCUT2D eigenvalue weighted by Gasteiger charge is -2.22. The van der Waals surface area contributed by atoms with Crippen LogP contribution in [0.4, 0.5) is 10.2 Å². The highest BCUT2D eigenvalue weighted by Gasteiger charge is 2.30. The van der Waals surface area contributed by atoms with Crippen molar-refractivity contribution in [3.63, 3.8) is 0 Å². The monoisotopic (exact) mass is 373 g/mol. The Bertz CT molecular complexity index is 942. The van der Waals surface area contributed by atoms with Crippen LogP contribution in [-0.2, 0) is 4.79 Å². The number of carbonyl (C=O) groups is 1. The maximum Gasteiger partial charge on any atom is 0.239 e. The molecule has 1 amide bonds. The van der Waals surface area contributed by atoms with Crippen LogP contribution in [0.2, 0.25) is 5.02 Å². The molecule has 0 bridgehead atoms. The molecule has 6 nitrogen and oxygen atoms in total. The number of hydrogen-bond acceptors (Lipinski definition) is 4. The maximum atomic E-state index is 13.4. The number of nitrogens with zero attached hydrogens (tertiary/aromatic N) is 3. The van der Waals surface area contributed by atoms with Gasteiger partial charge in [-0.05, 0) is 49.7 Å². The normalized spacial score (nSPS) is 17.7. The molecule has 0 saturated carbocycles. The number of pyridine rings is 1. The SMILES string of the molecule is O=C(CN1CCCC1c1nc2ccc(F)cc2[nH]1)Nc1ccc(Cl)cn1. The summed E-state index contributed by atoms with van der Waals surface area (Å²) in [5, 5.41) is 3.29. The molecule has 4 rings (SSSR count). The molecule has 0 radical (unpaired) electrons. The third-order valence-corrected chi connectivity index (χ3v) is 4.71. The predicted octanol–water partition coefficient (Wildman–Crippen LogP) is 3.53. The molecular weight excluding hydrogens is 357 g/mol. The standard InChI is InChI=1S/C18H17ClFN5O/c19-11-3-6-16(21-9-11)24-17(26)10-25-7-1-2-15(25)18-22-13-5-4-12(20)8-14(13)23-18/h3-6,8-9,15H,1-2,7,10H2,(H,22,23)(H,21,24,26). The molecule has 1 fully saturated rings. The molecule has 3 heterocycles. The van der Waals surface area contributed by atoms with Crippen molar-refractivity contribution in [2.75, 3.05) is 18.4 Å². The van der Waals surface area contributed by atoms with E-state index >= 15 is 0 Å². The van der Waals surface area contributed by atoms with Gasteiger partial charge in [-0.15, -0.1) is 0 Å². The minimum Gasteiger partial charge on any atom is -0.341 e. The summed E-state index contributed by atoms with van der Waals surface area (Å²) >= 11 is 5.80. The summed E-state index contributed by atoms with van der Waals surface area (Å²) in [5.74, 6) is 0.787. The first-order valence-corrected chi connectivity index (χ1v) is 8.77. The highest BCUT2D eigenvalue weighted by Crippen LogP contribution is 2.31. The minimum atomic E-state index is -0.300. The van der Waals surface area contributed by atoms with Gasteiger partial charge >= 0.3 is 0 Å². The van der Waals surface area contributed by atoms with E-state index in [2.05, 4.69) is 25.2 Å². The van der Waals surface area contributed by atoms with Gasteiger partial charge in [-0.2, -0.15) is 0 Å². The van der Waals surface area contributed by atoms with Crippen molar-refractivity contribution in [3.05, 3.63) is 53.2 Å². The zero-order valence-corrected chi connectivity index (χ0v) is 14.6. The van der Waals surface area contributed by atoms with Crippen LogP contribution < -0.4 is 5.32 Å². The van der Waals surface area contributed by atoms with E-state index in [0.717, 1.165) is 30.7 Å². The average molecular weight is 374 g/mol. The molecule has 1 aliphatic heterocycles. The summed E-state index contributed by atoms with van der Waals surface area (Å²) in [5.41, 5.74) is 1.39. The van der Waals surface area contributed by atoms with E-state index in [4.69, 9.17) is 11.6 Å². The van der Waals surface area contributed by atoms with E-state index in [-0.39, 0.29) is 24.3 Å². The summed E-state index contributed by atoms with van der Waals surface area (Å²) in [6, 6.07) is 7.83. The van der Waals surface area contributed by atoms with E-state index in [1.165, 1.54) is 18.3 Å². The molecule has 2 aromatic heterocycles. The number of H-pyrrole nitrogens is 1. The van der Waals surface area contributed by atoms with Gasteiger partial charge in [0.15, 0.2) is 0 Å². The lowest BCUT2D eigenvalue weighted by Crippen LogP contribution is -2.33. The fourth-order valence-corrected chi connectivity index (χ4v) is 3.41. The number of aromatic nitrogens is 3. The van der Waals surface area contributed by atoms with Crippen molar-refractivity contribution < 1.29 is 9.18 Å². The molecule has 2 N–H and O–H groups in total. The number of amides is 1. The molecule has 3 aromatic rings. The van der Waals surface area contributed by atoms with Crippen LogP contribution in [-0.4, -0.2) is 38.8 Å². The number of rotatable bonds is 4. The van der Waals surface area contributed by atoms with Gasteiger partial charge in [0.05, 0.1) is 28.6 Å². The zero-order valence-electron chi connectivity index (χ0n) is 13.9. The van der Waals surface area contributed by atoms with Gasteiger partial charge in [-0.1, -0.05) is 11.6 Å². The van der Waals surface area contributed by atoms with E-state index in [1.54, 1.807) is 18.2 Å². The number of imidazole rings is 1. The minimum absolute atomic E-state index is 0.00869. The van der Waals surface area contributed by atoms with Crippen LogP contribution >= 0.6 is 11.6 Å². The van der Waals surface area contributed by atoms with Gasteiger partial charge < -0.3 is 10.3 Å². The summed E-state index contributed by atoms with van der Waals surface area (Å²) in [6.07, 6.45) is 3.36. The van der Waals surface area contributed by atoms with Crippen LogP contribution in [0.25, 0.3) is 11.0 Å². The molecular formula is C18H17ClFN5O. The van der Waals surface area contributed by atoms with Crippen LogP contribution in [0.3, 0.4) is 0 Å². The second-order valence-electron chi connectivity index (χ2n) is 6.32. The summed E-state index contributed by atoms with van der Waals surface area (Å²) in [4.78, 5) is 26.2. The van der Waals surface area contributed by atoms with Gasteiger partial charge in [-0.3, -0.25) is 9.69 Å². The number of nitrogens with one attached hydrogen (secondary N) is 2. The molecule has 1 aliphatic rings. The van der Waals surface area contributed by atoms with E-state index in [0.29, 0.717) is 16.4 Å². The average Bonchev–Trinajstić information content (AvgIpc) is 3.22. The Labute approximate surface area is 154 Å². The van der Waals surface area contributed by atoms with Crippen LogP contribution in [0.15, 0.2) is 36.5 Å². The quantitative estimate of drug-likeness (QED) is 0.733. The van der Waals surface area contributed by atoms with Gasteiger partial charge in [0.2, 0.25) is 5.91 Å². The molecule has 1 unspecified atom stereocenters. The van der Waals surface area contributed by atoms with E-state index in [9.17, 15) is 9.18 Å². The lowest BCUT2D eigenvalue weighted by molar-refractivity contribution is -0.117. The van der Waals surface area contributed by atoms with Gasteiger partial charge in [0.1, 0.15) is 17.5 Å². The van der Waals surface area contributed by atoms with Crippen LogP contribution in [0.5, 0.6) is 0 Å². The number of halogens is 2. The van der Waals surface area contributed by atoms with Crippen molar-refractivity contribution in [2.24, 2.45) is 0 Å². The fourth-order valence-electron chi connectivity index (χ4n) is 3.30. The largest absolute Gasteiger partial charge is 0.341 e. The molecule has 26 heavy (non-hydrogen) atoms. The number of anilines is 1. The summed E-state index contributed by atoms with van der Waals surface area (Å²) in [6.45, 7) is 1.04. The number of carbonyl (C=O) groups excluding carboxylic acids is 1. The van der Waals surface area contributed by atoms with Crippen molar-refractivity contribution in [2.45, 2.75) is 18.9 Å². The van der Waals surface area contributed by atoms with Crippen molar-refractivity contribution in [1.82, 2.24) is 19.9 Å². The Hall–Kier alpha value is -2.51. The summed E-state index contributed by atoms with van der Waals surface area (Å²) in [7, 11) is 0. The number of likely N-dealkylation sites (tertiary alicyclic amines) is 1. The first kappa shape index (κ1) is 16.9. The number of benzene rings is 1. The van der Waals surface area contributed by atoms with Gasteiger partial charge in [0, 0.05) is 6.20 Å². The molecule has 1 aromatic carbocycles. The first-order valence-electron chi connectivity index (χ1n) is 8.39. The molecule has 134 valence electrons. The van der Waals surface area contributed by atoms with E-state index in [1.807, 2.05) is 0 Å². The highest BCUT2D eigenvalue weighted by molar-refractivity contribution is 6.30. The van der Waals surface area contributed by atoms with Crippen molar-refractivity contribution in [3.8, 4) is 0 Å². The number of aromatic amines is 1. The second kappa shape index (κ2) is 7.01. The number of fused-ring (bicyclic) bond motifs is 1. The molecule has 1 saturated heterocycles. The Morgan fingerprint density at radius 1 is 1.38 bits per heavy atom. The lowest BCUT2D eigenvalue weighted by atomic mass is 10.2. The third kappa shape index (κ3) is 3.54. The second-order valence-corrected chi connectivity index (χ2v) is 6.76. The highest BCUT2D eigenvalue weighted by atomic mass is 35.5. The molecule has 1 atom stereocenters. The molecule has 0 spiro atoms. The van der Waals surface area contributed by atoms with Crippen molar-refractivity contribution in [1.29, 1.82) is 0 Å². The molecule has 8 heteroatoms. The molecule has 0 aliphatic carbocycles. The summed E-state index contributed by atoms with van der Waals surface area (Å²) < 4.78 is 13.4.